The Balaban J connectivity index is 1.92. The summed E-state index contributed by atoms with van der Waals surface area (Å²) in [6, 6.07) is 5.10. The van der Waals surface area contributed by atoms with Crippen LogP contribution in [0.3, 0.4) is 0 Å². The third kappa shape index (κ3) is 3.06. The Morgan fingerprint density at radius 1 is 1.53 bits per heavy atom. The SMILES string of the molecule is Cc1cccc(NCCn2cc(C(=O)O)nn2)c1F. The number of aromatic carboxylic acids is 1. The molecule has 0 radical (unpaired) electrons. The van der Waals surface area contributed by atoms with Crippen molar-refractivity contribution >= 4 is 11.7 Å². The van der Waals surface area contributed by atoms with E-state index in [1.54, 1.807) is 25.1 Å². The molecule has 0 aliphatic heterocycles. The molecule has 1 aromatic carbocycles. The number of halogens is 1. The van der Waals surface area contributed by atoms with E-state index in [9.17, 15) is 9.18 Å². The standard InChI is InChI=1S/C12H13FN4O2/c1-8-3-2-4-9(11(8)13)14-5-6-17-7-10(12(18)19)15-16-17/h2-4,7,14H,5-6H2,1H3,(H,18,19). The van der Waals surface area contributed by atoms with Crippen molar-refractivity contribution < 1.29 is 14.3 Å². The van der Waals surface area contributed by atoms with Gasteiger partial charge in [0.2, 0.25) is 0 Å². The number of anilines is 1. The molecular weight excluding hydrogens is 251 g/mol. The first-order chi connectivity index (χ1) is 9.08. The zero-order chi connectivity index (χ0) is 13.8. The zero-order valence-electron chi connectivity index (χ0n) is 10.3. The maximum atomic E-state index is 13.7. The summed E-state index contributed by atoms with van der Waals surface area (Å²) in [5.41, 5.74) is 0.874. The molecule has 0 unspecified atom stereocenters. The number of benzene rings is 1. The number of carboxylic acid groups (broad SMARTS) is 1. The highest BCUT2D eigenvalue weighted by Crippen LogP contribution is 2.16. The van der Waals surface area contributed by atoms with Crippen LogP contribution >= 0.6 is 0 Å². The average Bonchev–Trinajstić information content (AvgIpc) is 2.83. The molecule has 2 rings (SSSR count). The first kappa shape index (κ1) is 13.0. The fourth-order valence-corrected chi connectivity index (χ4v) is 1.59. The largest absolute Gasteiger partial charge is 0.476 e. The summed E-state index contributed by atoms with van der Waals surface area (Å²) in [7, 11) is 0. The summed E-state index contributed by atoms with van der Waals surface area (Å²) in [5, 5.41) is 18.8. The van der Waals surface area contributed by atoms with Crippen molar-refractivity contribution in [3.63, 3.8) is 0 Å². The van der Waals surface area contributed by atoms with E-state index in [1.807, 2.05) is 0 Å². The molecule has 19 heavy (non-hydrogen) atoms. The van der Waals surface area contributed by atoms with E-state index >= 15 is 0 Å². The van der Waals surface area contributed by atoms with Gasteiger partial charge in [-0.05, 0) is 18.6 Å². The molecule has 0 bridgehead atoms. The lowest BCUT2D eigenvalue weighted by Crippen LogP contribution is -2.12. The van der Waals surface area contributed by atoms with Crippen LogP contribution in [-0.2, 0) is 6.54 Å². The van der Waals surface area contributed by atoms with Crippen LogP contribution in [0.2, 0.25) is 0 Å². The van der Waals surface area contributed by atoms with E-state index in [0.717, 1.165) is 0 Å². The monoisotopic (exact) mass is 264 g/mol. The Kier molecular flexibility index (Phi) is 3.74. The quantitative estimate of drug-likeness (QED) is 0.856. The molecule has 7 heteroatoms. The molecule has 0 aliphatic rings. The Hall–Kier alpha value is -2.44. The molecule has 2 N–H and O–H groups in total. The minimum Gasteiger partial charge on any atom is -0.476 e. The second-order valence-electron chi connectivity index (χ2n) is 4.04. The number of aromatic nitrogens is 3. The van der Waals surface area contributed by atoms with Crippen LogP contribution in [0.5, 0.6) is 0 Å². The molecule has 0 atom stereocenters. The van der Waals surface area contributed by atoms with Crippen LogP contribution in [0.4, 0.5) is 10.1 Å². The van der Waals surface area contributed by atoms with Gasteiger partial charge in [0.25, 0.3) is 0 Å². The normalized spacial score (nSPS) is 10.4. The van der Waals surface area contributed by atoms with E-state index < -0.39 is 5.97 Å². The lowest BCUT2D eigenvalue weighted by molar-refractivity contribution is 0.0690. The van der Waals surface area contributed by atoms with E-state index in [0.29, 0.717) is 24.3 Å². The van der Waals surface area contributed by atoms with Gasteiger partial charge in [0.1, 0.15) is 5.82 Å². The fourth-order valence-electron chi connectivity index (χ4n) is 1.59. The number of carboxylic acids is 1. The van der Waals surface area contributed by atoms with Gasteiger partial charge in [-0.15, -0.1) is 5.10 Å². The molecule has 0 amide bonds. The van der Waals surface area contributed by atoms with E-state index in [1.165, 1.54) is 10.9 Å². The van der Waals surface area contributed by atoms with Crippen molar-refractivity contribution in [2.45, 2.75) is 13.5 Å². The van der Waals surface area contributed by atoms with Crippen molar-refractivity contribution in [1.82, 2.24) is 15.0 Å². The highest BCUT2D eigenvalue weighted by atomic mass is 19.1. The van der Waals surface area contributed by atoms with Gasteiger partial charge < -0.3 is 10.4 Å². The number of nitrogens with zero attached hydrogens (tertiary/aromatic N) is 3. The molecule has 0 saturated heterocycles. The second kappa shape index (κ2) is 5.47. The highest BCUT2D eigenvalue weighted by molar-refractivity contribution is 5.84. The zero-order valence-corrected chi connectivity index (χ0v) is 10.3. The second-order valence-corrected chi connectivity index (χ2v) is 4.04. The van der Waals surface area contributed by atoms with E-state index in [-0.39, 0.29) is 11.5 Å². The van der Waals surface area contributed by atoms with Gasteiger partial charge in [0.15, 0.2) is 5.69 Å². The first-order valence-electron chi connectivity index (χ1n) is 5.70. The first-order valence-corrected chi connectivity index (χ1v) is 5.70. The number of rotatable bonds is 5. The van der Waals surface area contributed by atoms with Gasteiger partial charge in [-0.25, -0.2) is 13.9 Å². The lowest BCUT2D eigenvalue weighted by atomic mass is 10.2. The maximum absolute atomic E-state index is 13.7. The van der Waals surface area contributed by atoms with Crippen LogP contribution < -0.4 is 5.32 Å². The van der Waals surface area contributed by atoms with Crippen LogP contribution in [0, 0.1) is 12.7 Å². The smallest absolute Gasteiger partial charge is 0.358 e. The van der Waals surface area contributed by atoms with E-state index in [2.05, 4.69) is 15.6 Å². The summed E-state index contributed by atoms with van der Waals surface area (Å²) in [4.78, 5) is 10.6. The van der Waals surface area contributed by atoms with Crippen molar-refractivity contribution in [2.24, 2.45) is 0 Å². The van der Waals surface area contributed by atoms with Crippen LogP contribution in [0.25, 0.3) is 0 Å². The van der Waals surface area contributed by atoms with Crippen molar-refractivity contribution in [3.05, 3.63) is 41.5 Å². The Labute approximate surface area is 108 Å². The minimum absolute atomic E-state index is 0.110. The molecule has 1 heterocycles. The number of aryl methyl sites for hydroxylation is 1. The molecule has 0 aliphatic carbocycles. The Bertz CT molecular complexity index is 597. The average molecular weight is 264 g/mol. The van der Waals surface area contributed by atoms with Gasteiger partial charge >= 0.3 is 5.97 Å². The molecule has 2 aromatic rings. The van der Waals surface area contributed by atoms with Gasteiger partial charge in [-0.2, -0.15) is 0 Å². The Morgan fingerprint density at radius 3 is 3.00 bits per heavy atom. The molecule has 1 aromatic heterocycles. The van der Waals surface area contributed by atoms with Gasteiger partial charge in [-0.1, -0.05) is 17.3 Å². The maximum Gasteiger partial charge on any atom is 0.358 e. The van der Waals surface area contributed by atoms with Crippen LogP contribution in [-0.4, -0.2) is 32.6 Å². The summed E-state index contributed by atoms with van der Waals surface area (Å²) in [6.45, 7) is 2.51. The summed E-state index contributed by atoms with van der Waals surface area (Å²) >= 11 is 0. The predicted molar refractivity (Wildman–Crippen MR) is 66.6 cm³/mol. The topological polar surface area (TPSA) is 80.0 Å². The number of nitrogens with one attached hydrogen (secondary N) is 1. The van der Waals surface area contributed by atoms with Gasteiger partial charge in [0.05, 0.1) is 18.4 Å². The van der Waals surface area contributed by atoms with Crippen molar-refractivity contribution in [2.75, 3.05) is 11.9 Å². The number of hydrogen-bond donors (Lipinski definition) is 2. The number of carbonyl (C=O) groups is 1. The molecule has 0 fully saturated rings. The molecular formula is C12H13FN4O2. The fraction of sp³-hybridized carbons (Fsp3) is 0.250. The lowest BCUT2D eigenvalue weighted by Gasteiger charge is -2.08. The third-order valence-corrected chi connectivity index (χ3v) is 2.61. The third-order valence-electron chi connectivity index (χ3n) is 2.61. The summed E-state index contributed by atoms with van der Waals surface area (Å²) in [5.74, 6) is -1.41. The molecule has 100 valence electrons. The summed E-state index contributed by atoms with van der Waals surface area (Å²) < 4.78 is 15.1. The Morgan fingerprint density at radius 2 is 2.32 bits per heavy atom. The molecule has 0 saturated carbocycles. The van der Waals surface area contributed by atoms with E-state index in [4.69, 9.17) is 5.11 Å². The minimum atomic E-state index is -1.12. The summed E-state index contributed by atoms with van der Waals surface area (Å²) in [6.07, 6.45) is 1.33. The van der Waals surface area contributed by atoms with Crippen molar-refractivity contribution in [1.29, 1.82) is 0 Å². The van der Waals surface area contributed by atoms with Crippen molar-refractivity contribution in [3.8, 4) is 0 Å². The highest BCUT2D eigenvalue weighted by Gasteiger charge is 2.08. The number of hydrogen-bond acceptors (Lipinski definition) is 4. The van der Waals surface area contributed by atoms with Gasteiger partial charge in [0, 0.05) is 6.54 Å². The predicted octanol–water partition coefficient (Wildman–Crippen LogP) is 1.54. The van der Waals surface area contributed by atoms with Crippen LogP contribution in [0.15, 0.2) is 24.4 Å². The van der Waals surface area contributed by atoms with Crippen LogP contribution in [0.1, 0.15) is 16.1 Å². The van der Waals surface area contributed by atoms with Gasteiger partial charge in [-0.3, -0.25) is 0 Å². The molecule has 6 nitrogen and oxygen atoms in total. The molecule has 0 spiro atoms.